The van der Waals surface area contributed by atoms with Gasteiger partial charge in [-0.15, -0.1) is 12.4 Å². The molecule has 146 valence electrons. The third-order valence-corrected chi connectivity index (χ3v) is 4.47. The van der Waals surface area contributed by atoms with Gasteiger partial charge in [0, 0.05) is 17.0 Å². The molecule has 0 aliphatic rings. The van der Waals surface area contributed by atoms with E-state index in [9.17, 15) is 4.39 Å². The van der Waals surface area contributed by atoms with Crippen LogP contribution in [0.2, 0.25) is 0 Å². The highest BCUT2D eigenvalue weighted by Gasteiger charge is 2.21. The maximum absolute atomic E-state index is 13.7. The topological polar surface area (TPSA) is 63.9 Å². The Kier molecular flexibility index (Phi) is 5.17. The monoisotopic (exact) mass is 401 g/mol. The summed E-state index contributed by atoms with van der Waals surface area (Å²) in [5.74, 6) is 1.49. The van der Waals surface area contributed by atoms with E-state index in [2.05, 4.69) is 35.9 Å². The molecule has 1 N–H and O–H groups in total. The summed E-state index contributed by atoms with van der Waals surface area (Å²) in [5.41, 5.74) is 3.89. The van der Waals surface area contributed by atoms with Gasteiger partial charge < -0.3 is 14.2 Å². The van der Waals surface area contributed by atoms with Gasteiger partial charge in [-0.2, -0.15) is 0 Å². The van der Waals surface area contributed by atoms with Crippen LogP contribution in [0.3, 0.4) is 0 Å². The van der Waals surface area contributed by atoms with Crippen molar-refractivity contribution in [1.29, 1.82) is 0 Å². The van der Waals surface area contributed by atoms with Crippen molar-refractivity contribution in [3.63, 3.8) is 0 Å². The normalized spacial score (nSPS) is 11.5. The lowest BCUT2D eigenvalue weighted by Crippen LogP contribution is -2.10. The van der Waals surface area contributed by atoms with Crippen LogP contribution in [0.1, 0.15) is 26.5 Å². The molecule has 0 fully saturated rings. The predicted octanol–water partition coefficient (Wildman–Crippen LogP) is 5.75. The number of nitrogens with one attached hydrogen (secondary N) is 1. The van der Waals surface area contributed by atoms with Gasteiger partial charge >= 0.3 is 0 Å². The van der Waals surface area contributed by atoms with Crippen molar-refractivity contribution in [2.75, 3.05) is 7.11 Å². The van der Waals surface area contributed by atoms with Crippen LogP contribution in [0.25, 0.3) is 33.7 Å². The lowest BCUT2D eigenvalue weighted by Gasteiger charge is -2.12. The van der Waals surface area contributed by atoms with Crippen molar-refractivity contribution >= 4 is 23.4 Å². The average molecular weight is 402 g/mol. The number of fused-ring (bicyclic) bond motifs is 1. The Morgan fingerprint density at radius 1 is 1.07 bits per heavy atom. The molecule has 0 unspecified atom stereocenters. The van der Waals surface area contributed by atoms with Gasteiger partial charge in [-0.3, -0.25) is 0 Å². The fourth-order valence-corrected chi connectivity index (χ4v) is 2.94. The number of aromatic amines is 1. The summed E-state index contributed by atoms with van der Waals surface area (Å²) in [6.07, 6.45) is 0. The number of ether oxygens (including phenoxy) is 1. The molecule has 0 saturated carbocycles. The van der Waals surface area contributed by atoms with E-state index in [1.807, 2.05) is 24.3 Å². The quantitative estimate of drug-likeness (QED) is 0.474. The molecule has 5 nitrogen and oxygen atoms in total. The fraction of sp³-hybridized carbons (Fsp3) is 0.238. The smallest absolute Gasteiger partial charge is 0.202 e. The molecular formula is C21H21ClFN3O2. The summed E-state index contributed by atoms with van der Waals surface area (Å²) in [6.45, 7) is 6.23. The molecule has 0 bridgehead atoms. The van der Waals surface area contributed by atoms with E-state index in [4.69, 9.17) is 9.26 Å². The van der Waals surface area contributed by atoms with E-state index >= 15 is 0 Å². The molecule has 4 aromatic rings. The number of aromatic nitrogens is 3. The number of hydrogen-bond acceptors (Lipinski definition) is 4. The van der Waals surface area contributed by atoms with E-state index in [1.165, 1.54) is 12.1 Å². The average Bonchev–Trinajstić information content (AvgIpc) is 3.27. The molecule has 7 heteroatoms. The van der Waals surface area contributed by atoms with E-state index in [0.717, 1.165) is 22.3 Å². The minimum Gasteiger partial charge on any atom is -0.496 e. The van der Waals surface area contributed by atoms with Crippen LogP contribution in [-0.4, -0.2) is 22.2 Å². The number of halogens is 2. The first kappa shape index (κ1) is 19.9. The number of hydrogen-bond donors (Lipinski definition) is 1. The van der Waals surface area contributed by atoms with Gasteiger partial charge in [0.05, 0.1) is 23.8 Å². The van der Waals surface area contributed by atoms with Crippen molar-refractivity contribution in [3.05, 3.63) is 54.0 Å². The van der Waals surface area contributed by atoms with Crippen LogP contribution < -0.4 is 4.74 Å². The molecule has 0 radical (unpaired) electrons. The van der Waals surface area contributed by atoms with Crippen LogP contribution in [0.5, 0.6) is 5.75 Å². The highest BCUT2D eigenvalue weighted by molar-refractivity contribution is 5.86. The van der Waals surface area contributed by atoms with Gasteiger partial charge in [-0.25, -0.2) is 9.37 Å². The number of methoxy groups -OCH3 is 1. The Balaban J connectivity index is 0.00000225. The standard InChI is InChI=1S/C21H20FN3O2.ClH/c1-21(2,3)19-11-18(27-25-19)20-23-15-7-5-12(9-16(15)24-20)14-10-13(22)6-8-17(14)26-4;/h5-11H,1-4H3,(H,23,24);1H. The lowest BCUT2D eigenvalue weighted by molar-refractivity contribution is 0.401. The van der Waals surface area contributed by atoms with E-state index in [1.54, 1.807) is 13.2 Å². The number of nitrogens with zero attached hydrogens (tertiary/aromatic N) is 2. The molecule has 2 heterocycles. The summed E-state index contributed by atoms with van der Waals surface area (Å²) >= 11 is 0. The Labute approximate surface area is 168 Å². The van der Waals surface area contributed by atoms with Gasteiger partial charge in [0.1, 0.15) is 11.6 Å². The molecule has 28 heavy (non-hydrogen) atoms. The molecule has 0 saturated heterocycles. The zero-order valence-electron chi connectivity index (χ0n) is 16.0. The Morgan fingerprint density at radius 2 is 1.86 bits per heavy atom. The predicted molar refractivity (Wildman–Crippen MR) is 109 cm³/mol. The fourth-order valence-electron chi connectivity index (χ4n) is 2.94. The number of H-pyrrole nitrogens is 1. The molecule has 4 rings (SSSR count). The third-order valence-electron chi connectivity index (χ3n) is 4.47. The van der Waals surface area contributed by atoms with Crippen LogP contribution in [0.4, 0.5) is 4.39 Å². The minimum atomic E-state index is -0.312. The van der Waals surface area contributed by atoms with Gasteiger partial charge in [0.25, 0.3) is 0 Å². The summed E-state index contributed by atoms with van der Waals surface area (Å²) in [6, 6.07) is 12.1. The number of benzene rings is 2. The molecule has 2 aromatic carbocycles. The van der Waals surface area contributed by atoms with Crippen molar-refractivity contribution in [2.24, 2.45) is 0 Å². The second-order valence-corrected chi connectivity index (χ2v) is 7.49. The highest BCUT2D eigenvalue weighted by atomic mass is 35.5. The first-order valence-electron chi connectivity index (χ1n) is 8.66. The van der Waals surface area contributed by atoms with E-state index in [0.29, 0.717) is 22.9 Å². The van der Waals surface area contributed by atoms with E-state index in [-0.39, 0.29) is 23.6 Å². The maximum Gasteiger partial charge on any atom is 0.202 e. The summed E-state index contributed by atoms with van der Waals surface area (Å²) in [4.78, 5) is 7.84. The number of imidazole rings is 1. The summed E-state index contributed by atoms with van der Waals surface area (Å²) < 4.78 is 24.5. The van der Waals surface area contributed by atoms with Crippen molar-refractivity contribution in [1.82, 2.24) is 15.1 Å². The zero-order valence-corrected chi connectivity index (χ0v) is 16.9. The first-order valence-corrected chi connectivity index (χ1v) is 8.66. The highest BCUT2D eigenvalue weighted by Crippen LogP contribution is 2.33. The van der Waals surface area contributed by atoms with Gasteiger partial charge in [0.15, 0.2) is 5.82 Å². The summed E-state index contributed by atoms with van der Waals surface area (Å²) in [7, 11) is 1.57. The SMILES string of the molecule is COc1ccc(F)cc1-c1ccc2nc(-c3cc(C(C)(C)C)no3)[nH]c2c1.Cl. The van der Waals surface area contributed by atoms with Gasteiger partial charge in [-0.1, -0.05) is 32.0 Å². The van der Waals surface area contributed by atoms with Gasteiger partial charge in [0.2, 0.25) is 5.76 Å². The van der Waals surface area contributed by atoms with Crippen LogP contribution in [0, 0.1) is 5.82 Å². The summed E-state index contributed by atoms with van der Waals surface area (Å²) in [5, 5.41) is 4.14. The zero-order chi connectivity index (χ0) is 19.2. The van der Waals surface area contributed by atoms with Crippen molar-refractivity contribution < 1.29 is 13.7 Å². The lowest BCUT2D eigenvalue weighted by atomic mass is 9.92. The molecule has 0 aliphatic heterocycles. The van der Waals surface area contributed by atoms with Crippen molar-refractivity contribution in [2.45, 2.75) is 26.2 Å². The first-order chi connectivity index (χ1) is 12.8. The largest absolute Gasteiger partial charge is 0.496 e. The van der Waals surface area contributed by atoms with Crippen LogP contribution in [0.15, 0.2) is 47.0 Å². The Hall–Kier alpha value is -2.86. The Morgan fingerprint density at radius 3 is 2.54 bits per heavy atom. The molecule has 0 atom stereocenters. The molecule has 0 aliphatic carbocycles. The molecule has 0 amide bonds. The minimum absolute atomic E-state index is 0. The van der Waals surface area contributed by atoms with Gasteiger partial charge in [-0.05, 0) is 35.9 Å². The second kappa shape index (κ2) is 7.28. The van der Waals surface area contributed by atoms with Crippen molar-refractivity contribution in [3.8, 4) is 28.5 Å². The Bertz CT molecular complexity index is 1130. The maximum atomic E-state index is 13.7. The van der Waals surface area contributed by atoms with Crippen LogP contribution >= 0.6 is 12.4 Å². The third kappa shape index (κ3) is 3.60. The van der Waals surface area contributed by atoms with E-state index < -0.39 is 0 Å². The second-order valence-electron chi connectivity index (χ2n) is 7.49. The molecule has 2 aromatic heterocycles. The van der Waals surface area contributed by atoms with Crippen LogP contribution in [-0.2, 0) is 5.41 Å². The molecular weight excluding hydrogens is 381 g/mol. The molecule has 0 spiro atoms. The number of rotatable bonds is 3.